The molecule has 3 aromatic heterocycles. The van der Waals surface area contributed by atoms with Gasteiger partial charge >= 0.3 is 0 Å². The molecule has 1 aromatic carbocycles. The number of piperidine rings is 1. The highest BCUT2D eigenvalue weighted by Gasteiger charge is 2.24. The Hall–Kier alpha value is -3.01. The van der Waals surface area contributed by atoms with Crippen LogP contribution in [0.1, 0.15) is 18.9 Å². The summed E-state index contributed by atoms with van der Waals surface area (Å²) < 4.78 is 21.4. The Labute approximate surface area is 195 Å². The summed E-state index contributed by atoms with van der Waals surface area (Å²) in [6.07, 6.45) is 8.96. The van der Waals surface area contributed by atoms with E-state index in [0.717, 1.165) is 54.8 Å². The molecule has 0 radical (unpaired) electrons. The molecule has 1 fully saturated rings. The number of aromatic amines is 1. The number of nitrogens with zero attached hydrogens (tertiary/aromatic N) is 5. The van der Waals surface area contributed by atoms with Crippen molar-refractivity contribution in [2.75, 3.05) is 26.2 Å². The lowest BCUT2D eigenvalue weighted by molar-refractivity contribution is 0.0913. The van der Waals surface area contributed by atoms with Gasteiger partial charge in [0.1, 0.15) is 29.6 Å². The second-order valence-corrected chi connectivity index (χ2v) is 8.72. The third-order valence-electron chi connectivity index (χ3n) is 6.02. The van der Waals surface area contributed by atoms with Gasteiger partial charge in [-0.25, -0.2) is 14.4 Å². The first-order chi connectivity index (χ1) is 16.1. The zero-order chi connectivity index (χ0) is 22.8. The lowest BCUT2D eigenvalue weighted by Crippen LogP contribution is -2.42. The summed E-state index contributed by atoms with van der Waals surface area (Å²) in [5, 5.41) is 5.87. The van der Waals surface area contributed by atoms with Crippen LogP contribution in [0.15, 0.2) is 49.2 Å². The number of nitrogens with two attached hydrogens (primary N) is 1. The second-order valence-electron chi connectivity index (χ2n) is 8.28. The van der Waals surface area contributed by atoms with Gasteiger partial charge in [-0.05, 0) is 31.0 Å². The van der Waals surface area contributed by atoms with Gasteiger partial charge < -0.3 is 20.4 Å². The van der Waals surface area contributed by atoms with Gasteiger partial charge in [-0.3, -0.25) is 4.68 Å². The van der Waals surface area contributed by atoms with Crippen LogP contribution in [0.25, 0.3) is 22.3 Å². The van der Waals surface area contributed by atoms with Gasteiger partial charge in [-0.1, -0.05) is 11.6 Å². The van der Waals surface area contributed by atoms with Gasteiger partial charge in [0.2, 0.25) is 0 Å². The molecule has 1 atom stereocenters. The van der Waals surface area contributed by atoms with Crippen LogP contribution >= 0.6 is 11.6 Å². The average Bonchev–Trinajstić information content (AvgIpc) is 3.47. The summed E-state index contributed by atoms with van der Waals surface area (Å²) >= 11 is 5.93. The van der Waals surface area contributed by atoms with Gasteiger partial charge in [-0.15, -0.1) is 0 Å². The molecule has 4 aromatic rings. The lowest BCUT2D eigenvalue weighted by atomic mass is 10.1. The Morgan fingerprint density at radius 3 is 2.88 bits per heavy atom. The van der Waals surface area contributed by atoms with E-state index in [1.54, 1.807) is 12.4 Å². The Morgan fingerprint density at radius 1 is 1.24 bits per heavy atom. The van der Waals surface area contributed by atoms with Crippen LogP contribution in [0.2, 0.25) is 5.02 Å². The largest absolute Gasteiger partial charge is 0.490 e. The number of hydrogen-bond donors (Lipinski definition) is 2. The number of rotatable bonds is 7. The molecule has 1 aliphatic rings. The molecule has 8 nitrogen and oxygen atoms in total. The van der Waals surface area contributed by atoms with Crippen LogP contribution < -0.4 is 10.5 Å². The van der Waals surface area contributed by atoms with Crippen molar-refractivity contribution in [1.29, 1.82) is 0 Å². The first-order valence-corrected chi connectivity index (χ1v) is 11.3. The monoisotopic (exact) mass is 469 g/mol. The maximum atomic E-state index is 13.6. The smallest absolute Gasteiger partial charge is 0.141 e. The van der Waals surface area contributed by atoms with E-state index >= 15 is 0 Å². The van der Waals surface area contributed by atoms with E-state index in [9.17, 15) is 4.39 Å². The first kappa shape index (κ1) is 21.8. The molecule has 33 heavy (non-hydrogen) atoms. The average molecular weight is 470 g/mol. The summed E-state index contributed by atoms with van der Waals surface area (Å²) in [7, 11) is 0. The Bertz CT molecular complexity index is 1210. The van der Waals surface area contributed by atoms with Crippen LogP contribution in [0.4, 0.5) is 4.39 Å². The van der Waals surface area contributed by atoms with Crippen LogP contribution in [0.5, 0.6) is 5.75 Å². The number of aromatic nitrogens is 5. The van der Waals surface area contributed by atoms with Crippen molar-refractivity contribution < 1.29 is 9.13 Å². The molecule has 3 N–H and O–H groups in total. The van der Waals surface area contributed by atoms with Gasteiger partial charge in [0.15, 0.2) is 0 Å². The zero-order valence-electron chi connectivity index (χ0n) is 18.0. The number of fused-ring (bicyclic) bond motifs is 1. The van der Waals surface area contributed by atoms with E-state index in [1.807, 2.05) is 29.3 Å². The van der Waals surface area contributed by atoms with Crippen LogP contribution in [-0.2, 0) is 0 Å². The molecular formula is C23H25ClFN7O. The third kappa shape index (κ3) is 4.85. The highest BCUT2D eigenvalue weighted by molar-refractivity contribution is 6.30. The molecule has 1 saturated heterocycles. The molecule has 172 valence electrons. The summed E-state index contributed by atoms with van der Waals surface area (Å²) in [5.74, 6) is 0.0853. The number of likely N-dealkylation sites (tertiary alicyclic amines) is 1. The molecule has 0 spiro atoms. The third-order valence-corrected chi connectivity index (χ3v) is 6.24. The van der Waals surface area contributed by atoms with Crippen molar-refractivity contribution in [1.82, 2.24) is 29.6 Å². The molecular weight excluding hydrogens is 445 g/mol. The van der Waals surface area contributed by atoms with Crippen LogP contribution in [0.3, 0.4) is 0 Å². The van der Waals surface area contributed by atoms with Crippen molar-refractivity contribution in [3.63, 3.8) is 0 Å². The van der Waals surface area contributed by atoms with Crippen molar-refractivity contribution >= 4 is 22.6 Å². The highest BCUT2D eigenvalue weighted by Crippen LogP contribution is 2.26. The van der Waals surface area contributed by atoms with E-state index in [0.29, 0.717) is 17.3 Å². The number of nitrogens with one attached hydrogen (secondary N) is 1. The molecule has 0 saturated carbocycles. The van der Waals surface area contributed by atoms with Crippen LogP contribution in [0, 0.1) is 5.82 Å². The predicted octanol–water partition coefficient (Wildman–Crippen LogP) is 3.66. The molecule has 5 rings (SSSR count). The fourth-order valence-electron chi connectivity index (χ4n) is 4.33. The predicted molar refractivity (Wildman–Crippen MR) is 125 cm³/mol. The highest BCUT2D eigenvalue weighted by atomic mass is 35.5. The molecule has 0 bridgehead atoms. The Kier molecular flexibility index (Phi) is 6.26. The summed E-state index contributed by atoms with van der Waals surface area (Å²) in [6, 6.07) is 6.30. The topological polar surface area (TPSA) is 97.9 Å². The van der Waals surface area contributed by atoms with E-state index in [-0.39, 0.29) is 12.1 Å². The van der Waals surface area contributed by atoms with E-state index in [4.69, 9.17) is 22.1 Å². The molecule has 4 heterocycles. The molecule has 0 aliphatic carbocycles. The number of H-pyrrole nitrogens is 1. The van der Waals surface area contributed by atoms with Gasteiger partial charge in [0.05, 0.1) is 17.9 Å². The number of hydrogen-bond acceptors (Lipinski definition) is 6. The quantitative estimate of drug-likeness (QED) is 0.428. The summed E-state index contributed by atoms with van der Waals surface area (Å²) in [5.41, 5.74) is 8.69. The van der Waals surface area contributed by atoms with Gasteiger partial charge in [0, 0.05) is 60.6 Å². The Balaban J connectivity index is 1.21. The van der Waals surface area contributed by atoms with Crippen LogP contribution in [-0.4, -0.2) is 61.9 Å². The van der Waals surface area contributed by atoms with Crippen molar-refractivity contribution in [2.24, 2.45) is 5.73 Å². The SMILES string of the molecule is NCC(CN1CCC(Oc2cc(F)cc(Cl)c2)CC1)n1cc(-c2ncnc3[nH]ccc23)cn1. The van der Waals surface area contributed by atoms with Crippen molar-refractivity contribution in [3.8, 4) is 17.0 Å². The molecule has 1 unspecified atom stereocenters. The fraction of sp³-hybridized carbons (Fsp3) is 0.348. The Morgan fingerprint density at radius 2 is 2.09 bits per heavy atom. The van der Waals surface area contributed by atoms with E-state index < -0.39 is 5.82 Å². The molecule has 0 amide bonds. The maximum Gasteiger partial charge on any atom is 0.141 e. The summed E-state index contributed by atoms with van der Waals surface area (Å²) in [6.45, 7) is 3.00. The van der Waals surface area contributed by atoms with Crippen molar-refractivity contribution in [3.05, 3.63) is 60.0 Å². The lowest BCUT2D eigenvalue weighted by Gasteiger charge is -2.34. The summed E-state index contributed by atoms with van der Waals surface area (Å²) in [4.78, 5) is 14.2. The van der Waals surface area contributed by atoms with Crippen molar-refractivity contribution in [2.45, 2.75) is 25.0 Å². The van der Waals surface area contributed by atoms with Gasteiger partial charge in [-0.2, -0.15) is 5.10 Å². The minimum Gasteiger partial charge on any atom is -0.490 e. The molecule has 1 aliphatic heterocycles. The normalized spacial score (nSPS) is 16.3. The number of ether oxygens (including phenoxy) is 1. The van der Waals surface area contributed by atoms with E-state index in [1.165, 1.54) is 12.1 Å². The first-order valence-electron chi connectivity index (χ1n) is 11.0. The fourth-order valence-corrected chi connectivity index (χ4v) is 4.54. The standard InChI is InChI=1S/C23H25ClFN7O/c24-16-7-17(25)9-20(8-16)33-19-2-5-31(6-3-19)13-18(10-26)32-12-15(11-30-32)22-21-1-4-27-23(21)29-14-28-22/h1,4,7-9,11-12,14,18-19H,2-3,5-6,10,13,26H2,(H,27,28,29). The minimum atomic E-state index is -0.390. The minimum absolute atomic E-state index is 0.0354. The maximum absolute atomic E-state index is 13.6. The molecule has 10 heteroatoms. The second kappa shape index (κ2) is 9.46. The van der Waals surface area contributed by atoms with Gasteiger partial charge in [0.25, 0.3) is 0 Å². The number of benzene rings is 1. The number of halogens is 2. The zero-order valence-corrected chi connectivity index (χ0v) is 18.7. The van der Waals surface area contributed by atoms with E-state index in [2.05, 4.69) is 25.0 Å².